The number of nitrogens with one attached hydrogen (secondary N) is 2. The van der Waals surface area contributed by atoms with E-state index in [1.807, 2.05) is 6.92 Å². The summed E-state index contributed by atoms with van der Waals surface area (Å²) >= 11 is 1.34. The fourth-order valence-electron chi connectivity index (χ4n) is 5.06. The lowest BCUT2D eigenvalue weighted by atomic mass is 9.97. The molecule has 0 spiro atoms. The number of carbonyl (C=O) groups is 2. The van der Waals surface area contributed by atoms with Crippen molar-refractivity contribution < 1.29 is 31.7 Å². The van der Waals surface area contributed by atoms with E-state index in [-0.39, 0.29) is 46.3 Å². The normalized spacial score (nSPS) is 16.2. The minimum Gasteiger partial charge on any atom is -0.478 e. The first-order valence-corrected chi connectivity index (χ1v) is 15.4. The van der Waals surface area contributed by atoms with Crippen LogP contribution in [0.3, 0.4) is 0 Å². The number of halogens is 3. The molecule has 3 aromatic rings. The largest absolute Gasteiger partial charge is 0.478 e. The van der Waals surface area contributed by atoms with E-state index >= 15 is 0 Å². The first-order valence-electron chi connectivity index (χ1n) is 14.6. The zero-order valence-electron chi connectivity index (χ0n) is 25.1. The Morgan fingerprint density at radius 3 is 2.58 bits per heavy atom. The number of pyridine rings is 2. The maximum atomic E-state index is 14.3. The van der Waals surface area contributed by atoms with Gasteiger partial charge in [-0.05, 0) is 79.7 Å². The van der Waals surface area contributed by atoms with Crippen molar-refractivity contribution in [1.29, 1.82) is 0 Å². The number of nitrogens with zero attached hydrogens (tertiary/aromatic N) is 3. The van der Waals surface area contributed by atoms with Crippen LogP contribution in [-0.2, 0) is 10.7 Å². The Balaban J connectivity index is 1.44. The van der Waals surface area contributed by atoms with Crippen molar-refractivity contribution in [3.8, 4) is 17.0 Å². The van der Waals surface area contributed by atoms with Crippen LogP contribution < -0.4 is 20.9 Å². The number of amides is 2. The molecule has 2 aromatic heterocycles. The van der Waals surface area contributed by atoms with Crippen molar-refractivity contribution in [2.45, 2.75) is 50.4 Å². The molecular weight excluding hydrogens is 611 g/mol. The van der Waals surface area contributed by atoms with Crippen molar-refractivity contribution in [1.82, 2.24) is 19.8 Å². The first-order chi connectivity index (χ1) is 21.5. The average Bonchev–Trinajstić information content (AvgIpc) is 3.82. The predicted molar refractivity (Wildman–Crippen MR) is 164 cm³/mol. The lowest BCUT2D eigenvalue weighted by molar-refractivity contribution is -0.113. The molecule has 1 aliphatic carbocycles. The van der Waals surface area contributed by atoms with Crippen molar-refractivity contribution in [2.75, 3.05) is 38.7 Å². The molecule has 5 rings (SSSR count). The molecular formula is C31H34F3N5O5S. The van der Waals surface area contributed by atoms with Gasteiger partial charge in [-0.3, -0.25) is 14.4 Å². The number of hydrogen-bond acceptors (Lipinski definition) is 8. The van der Waals surface area contributed by atoms with Crippen LogP contribution in [0.4, 0.5) is 19.0 Å². The SMILES string of the molecule is CCOc1cc(-c2ccc(F)cc2C(=O)N2CC(F)(F)C2)cc(NC(=O)c2cc(CNC[C@H](C)SOC)cn(C3CC3)c2=O)n1. The van der Waals surface area contributed by atoms with E-state index in [0.29, 0.717) is 18.7 Å². The van der Waals surface area contributed by atoms with Gasteiger partial charge in [0.15, 0.2) is 0 Å². The molecule has 1 aromatic carbocycles. The smallest absolute Gasteiger partial charge is 0.282 e. The minimum absolute atomic E-state index is 0.0190. The Kier molecular flexibility index (Phi) is 9.85. The summed E-state index contributed by atoms with van der Waals surface area (Å²) in [7, 11) is 1.61. The second kappa shape index (κ2) is 13.6. The van der Waals surface area contributed by atoms with E-state index < -0.39 is 42.2 Å². The molecule has 2 fully saturated rings. The Hall–Kier alpha value is -3.88. The van der Waals surface area contributed by atoms with E-state index in [1.54, 1.807) is 30.9 Å². The number of rotatable bonds is 13. The monoisotopic (exact) mass is 645 g/mol. The van der Waals surface area contributed by atoms with Gasteiger partial charge in [0.2, 0.25) is 5.88 Å². The van der Waals surface area contributed by atoms with E-state index in [4.69, 9.17) is 8.92 Å². The summed E-state index contributed by atoms with van der Waals surface area (Å²) in [6, 6.07) is 8.02. The Morgan fingerprint density at radius 1 is 1.16 bits per heavy atom. The fourth-order valence-corrected chi connectivity index (χ4v) is 5.58. The number of alkyl halides is 2. The molecule has 2 N–H and O–H groups in total. The number of carbonyl (C=O) groups excluding carboxylic acids is 2. The first kappa shape index (κ1) is 32.5. The molecule has 3 heterocycles. The number of likely N-dealkylation sites (tertiary alicyclic amines) is 1. The second-order valence-corrected chi connectivity index (χ2v) is 12.4. The molecule has 0 bridgehead atoms. The Morgan fingerprint density at radius 2 is 1.91 bits per heavy atom. The lowest BCUT2D eigenvalue weighted by Crippen LogP contribution is -2.58. The quantitative estimate of drug-likeness (QED) is 0.253. The van der Waals surface area contributed by atoms with Crippen LogP contribution in [0.2, 0.25) is 0 Å². The van der Waals surface area contributed by atoms with Crippen LogP contribution in [-0.4, -0.2) is 70.8 Å². The average molecular weight is 646 g/mol. The molecule has 0 unspecified atom stereocenters. The van der Waals surface area contributed by atoms with Gasteiger partial charge in [-0.15, -0.1) is 0 Å². The van der Waals surface area contributed by atoms with Gasteiger partial charge in [0.25, 0.3) is 23.3 Å². The number of aromatic nitrogens is 2. The van der Waals surface area contributed by atoms with Gasteiger partial charge in [0.1, 0.15) is 17.2 Å². The summed E-state index contributed by atoms with van der Waals surface area (Å²) in [5.74, 6) is -5.03. The zero-order valence-corrected chi connectivity index (χ0v) is 25.9. The summed E-state index contributed by atoms with van der Waals surface area (Å²) in [6.45, 7) is 3.52. The number of ether oxygens (including phenoxy) is 1. The molecule has 1 atom stereocenters. The highest BCUT2D eigenvalue weighted by atomic mass is 32.2. The predicted octanol–water partition coefficient (Wildman–Crippen LogP) is 4.90. The van der Waals surface area contributed by atoms with Crippen LogP contribution >= 0.6 is 12.0 Å². The van der Waals surface area contributed by atoms with Crippen LogP contribution in [0.5, 0.6) is 5.88 Å². The summed E-state index contributed by atoms with van der Waals surface area (Å²) < 4.78 is 53.5. The van der Waals surface area contributed by atoms with E-state index in [2.05, 4.69) is 15.6 Å². The molecule has 0 radical (unpaired) electrons. The molecule has 1 saturated heterocycles. The highest BCUT2D eigenvalue weighted by Gasteiger charge is 2.46. The van der Waals surface area contributed by atoms with Crippen molar-refractivity contribution in [2.24, 2.45) is 0 Å². The molecule has 1 saturated carbocycles. The molecule has 14 heteroatoms. The van der Waals surface area contributed by atoms with E-state index in [1.165, 1.54) is 30.2 Å². The third kappa shape index (κ3) is 7.86. The molecule has 1 aliphatic heterocycles. The number of hydrogen-bond donors (Lipinski definition) is 2. The van der Waals surface area contributed by atoms with Gasteiger partial charge in [0, 0.05) is 36.6 Å². The summed E-state index contributed by atoms with van der Waals surface area (Å²) in [5, 5.41) is 6.18. The fraction of sp³-hybridized carbons (Fsp3) is 0.419. The van der Waals surface area contributed by atoms with Crippen molar-refractivity contribution in [3.05, 3.63) is 75.5 Å². The van der Waals surface area contributed by atoms with Crippen LogP contribution in [0.15, 0.2) is 47.4 Å². The molecule has 2 amide bonds. The highest BCUT2D eigenvalue weighted by molar-refractivity contribution is 7.95. The van der Waals surface area contributed by atoms with Gasteiger partial charge >= 0.3 is 0 Å². The van der Waals surface area contributed by atoms with Gasteiger partial charge in [-0.2, -0.15) is 4.98 Å². The van der Waals surface area contributed by atoms with Gasteiger partial charge in [0.05, 0.1) is 32.4 Å². The molecule has 240 valence electrons. The van der Waals surface area contributed by atoms with Crippen molar-refractivity contribution >= 4 is 29.7 Å². The topological polar surface area (TPSA) is 115 Å². The molecule has 45 heavy (non-hydrogen) atoms. The third-order valence-corrected chi connectivity index (χ3v) is 7.98. The summed E-state index contributed by atoms with van der Waals surface area (Å²) in [4.78, 5) is 45.3. The Labute approximate surface area is 262 Å². The Bertz CT molecular complexity index is 1640. The van der Waals surface area contributed by atoms with E-state index in [0.717, 1.165) is 35.4 Å². The maximum absolute atomic E-state index is 14.3. The van der Waals surface area contributed by atoms with Gasteiger partial charge in [-0.1, -0.05) is 6.07 Å². The van der Waals surface area contributed by atoms with E-state index in [9.17, 15) is 27.6 Å². The maximum Gasteiger partial charge on any atom is 0.282 e. The van der Waals surface area contributed by atoms with Crippen molar-refractivity contribution in [3.63, 3.8) is 0 Å². The number of anilines is 1. The standard InChI is InChI=1S/C31H34F3N5O5S/c1-4-44-27-11-20(23-8-5-21(32)12-24(23)29(41)38-16-31(33,34)17-38)10-26(36-27)37-28(40)25-9-19(14-35-13-18(2)45-43-3)15-39(30(25)42)22-6-7-22/h5,8-12,15,18,22,35H,4,6-7,13-14,16-17H2,1-3H3,(H,36,37,40)/t18-/m0/s1. The zero-order chi connectivity index (χ0) is 32.3. The summed E-state index contributed by atoms with van der Waals surface area (Å²) in [5.41, 5.74) is 0.700. The highest BCUT2D eigenvalue weighted by Crippen LogP contribution is 2.35. The molecule has 10 nitrogen and oxygen atoms in total. The summed E-state index contributed by atoms with van der Waals surface area (Å²) in [6.07, 6.45) is 3.45. The minimum atomic E-state index is -2.99. The molecule has 2 aliphatic rings. The van der Waals surface area contributed by atoms with Gasteiger partial charge < -0.3 is 29.0 Å². The second-order valence-electron chi connectivity index (χ2n) is 11.1. The van der Waals surface area contributed by atoms with Crippen LogP contribution in [0.25, 0.3) is 11.1 Å². The third-order valence-electron chi connectivity index (χ3n) is 7.30. The van der Waals surface area contributed by atoms with Gasteiger partial charge in [-0.25, -0.2) is 13.2 Å². The van der Waals surface area contributed by atoms with Crippen LogP contribution in [0.1, 0.15) is 59.0 Å². The van der Waals surface area contributed by atoms with Crippen LogP contribution in [0, 0.1) is 5.82 Å². The lowest BCUT2D eigenvalue weighted by Gasteiger charge is -2.39. The number of benzene rings is 1.